The van der Waals surface area contributed by atoms with E-state index in [-0.39, 0.29) is 18.0 Å². The van der Waals surface area contributed by atoms with E-state index in [9.17, 15) is 4.79 Å². The molecule has 126 valence electrons. The van der Waals surface area contributed by atoms with Gasteiger partial charge in [-0.05, 0) is 41.7 Å². The summed E-state index contributed by atoms with van der Waals surface area (Å²) in [6.07, 6.45) is 1.96. The van der Waals surface area contributed by atoms with Gasteiger partial charge in [-0.3, -0.25) is 0 Å². The zero-order valence-corrected chi connectivity index (χ0v) is 13.7. The van der Waals surface area contributed by atoms with Gasteiger partial charge in [-0.2, -0.15) is 4.99 Å². The smallest absolute Gasteiger partial charge is 0.341 e. The maximum atomic E-state index is 12.2. The number of carbonyl (C=O) groups is 1. The fourth-order valence-electron chi connectivity index (χ4n) is 4.05. The summed E-state index contributed by atoms with van der Waals surface area (Å²) in [5, 5.41) is 3.05. The summed E-state index contributed by atoms with van der Waals surface area (Å²) in [5.74, 6) is 1.69. The van der Waals surface area contributed by atoms with E-state index in [4.69, 9.17) is 9.47 Å². The predicted molar refractivity (Wildman–Crippen MR) is 93.5 cm³/mol. The van der Waals surface area contributed by atoms with Crippen LogP contribution in [0, 0.1) is 5.92 Å². The average Bonchev–Trinajstić information content (AvgIpc) is 2.67. The zero-order chi connectivity index (χ0) is 16.8. The molecular formula is C20H18N2O3. The Morgan fingerprint density at radius 3 is 2.80 bits per heavy atom. The molecule has 0 bridgehead atoms. The Hall–Kier alpha value is -2.82. The van der Waals surface area contributed by atoms with E-state index in [0.29, 0.717) is 13.2 Å². The molecule has 5 heteroatoms. The van der Waals surface area contributed by atoms with Crippen molar-refractivity contribution in [3.05, 3.63) is 59.2 Å². The van der Waals surface area contributed by atoms with Crippen molar-refractivity contribution < 1.29 is 14.3 Å². The predicted octanol–water partition coefficient (Wildman–Crippen LogP) is 3.27. The lowest BCUT2D eigenvalue weighted by Gasteiger charge is -2.36. The first-order valence-corrected chi connectivity index (χ1v) is 8.66. The van der Waals surface area contributed by atoms with Gasteiger partial charge in [0.05, 0.1) is 11.8 Å². The summed E-state index contributed by atoms with van der Waals surface area (Å²) >= 11 is 0. The fraction of sp³-hybridized carbons (Fsp3) is 0.300. The second-order valence-corrected chi connectivity index (χ2v) is 6.63. The van der Waals surface area contributed by atoms with Gasteiger partial charge in [0, 0.05) is 5.92 Å². The van der Waals surface area contributed by atoms with Crippen molar-refractivity contribution in [1.29, 1.82) is 0 Å². The minimum atomic E-state index is -0.275. The molecule has 1 N–H and O–H groups in total. The van der Waals surface area contributed by atoms with Crippen LogP contribution in [0.1, 0.15) is 29.2 Å². The Bertz CT molecular complexity index is 890. The van der Waals surface area contributed by atoms with Gasteiger partial charge in [-0.25, -0.2) is 4.79 Å². The molecule has 2 aromatic carbocycles. The number of amides is 2. The Kier molecular flexibility index (Phi) is 3.26. The second-order valence-electron chi connectivity index (χ2n) is 6.63. The maximum absolute atomic E-state index is 12.2. The number of hydrogen-bond donors (Lipinski definition) is 1. The number of carbonyl (C=O) groups excluding carboxylic acids is 1. The van der Waals surface area contributed by atoms with Crippen LogP contribution in [-0.4, -0.2) is 25.0 Å². The third kappa shape index (κ3) is 2.38. The summed E-state index contributed by atoms with van der Waals surface area (Å²) in [6.45, 7) is 1.12. The molecule has 0 saturated heterocycles. The Morgan fingerprint density at radius 1 is 1.04 bits per heavy atom. The van der Waals surface area contributed by atoms with Crippen LogP contribution in [0.4, 0.5) is 4.79 Å². The van der Waals surface area contributed by atoms with Crippen LogP contribution in [0.5, 0.6) is 11.5 Å². The number of ether oxygens (including phenoxy) is 2. The third-order valence-corrected chi connectivity index (χ3v) is 5.20. The van der Waals surface area contributed by atoms with Crippen LogP contribution < -0.4 is 14.8 Å². The molecule has 2 atom stereocenters. The Labute approximate surface area is 145 Å². The number of aliphatic imine (C=N–C) groups is 1. The Balaban J connectivity index is 1.56. The van der Waals surface area contributed by atoms with Gasteiger partial charge in [0.25, 0.3) is 0 Å². The molecule has 1 aliphatic carbocycles. The summed E-state index contributed by atoms with van der Waals surface area (Å²) in [7, 11) is 0. The highest BCUT2D eigenvalue weighted by Gasteiger charge is 2.37. The molecule has 5 nitrogen and oxygen atoms in total. The molecule has 0 aromatic heterocycles. The van der Waals surface area contributed by atoms with Gasteiger partial charge in [-0.1, -0.05) is 30.3 Å². The van der Waals surface area contributed by atoms with E-state index in [1.54, 1.807) is 0 Å². The highest BCUT2D eigenvalue weighted by atomic mass is 16.6. The molecule has 2 aromatic rings. The van der Waals surface area contributed by atoms with Crippen LogP contribution in [0.15, 0.2) is 47.5 Å². The average molecular weight is 334 g/mol. The van der Waals surface area contributed by atoms with Gasteiger partial charge >= 0.3 is 6.03 Å². The van der Waals surface area contributed by atoms with Crippen molar-refractivity contribution in [2.75, 3.05) is 13.2 Å². The summed E-state index contributed by atoms with van der Waals surface area (Å²) < 4.78 is 11.3. The topological polar surface area (TPSA) is 59.9 Å². The molecule has 2 aliphatic heterocycles. The normalized spacial score (nSPS) is 23.8. The molecule has 3 aliphatic rings. The van der Waals surface area contributed by atoms with Crippen LogP contribution >= 0.6 is 0 Å². The summed E-state index contributed by atoms with van der Waals surface area (Å²) in [4.78, 5) is 16.6. The van der Waals surface area contributed by atoms with Gasteiger partial charge in [-0.15, -0.1) is 0 Å². The van der Waals surface area contributed by atoms with Crippen LogP contribution in [-0.2, 0) is 6.42 Å². The Morgan fingerprint density at radius 2 is 1.88 bits per heavy atom. The first kappa shape index (κ1) is 14.5. The lowest BCUT2D eigenvalue weighted by atomic mass is 9.75. The van der Waals surface area contributed by atoms with E-state index in [1.807, 2.05) is 30.3 Å². The number of fused-ring (bicyclic) bond motifs is 4. The fourth-order valence-corrected chi connectivity index (χ4v) is 4.05. The highest BCUT2D eigenvalue weighted by molar-refractivity contribution is 6.11. The van der Waals surface area contributed by atoms with E-state index < -0.39 is 0 Å². The van der Waals surface area contributed by atoms with Gasteiger partial charge in [0.1, 0.15) is 13.2 Å². The van der Waals surface area contributed by atoms with E-state index in [1.165, 1.54) is 5.56 Å². The van der Waals surface area contributed by atoms with Crippen molar-refractivity contribution in [2.45, 2.75) is 18.9 Å². The lowest BCUT2D eigenvalue weighted by molar-refractivity contribution is 0.171. The second kappa shape index (κ2) is 5.62. The number of rotatable bonds is 1. The number of nitrogens with one attached hydrogen (secondary N) is 1. The quantitative estimate of drug-likeness (QED) is 0.871. The van der Waals surface area contributed by atoms with Crippen molar-refractivity contribution >= 4 is 11.7 Å². The zero-order valence-electron chi connectivity index (χ0n) is 13.7. The monoisotopic (exact) mass is 334 g/mol. The molecule has 0 spiro atoms. The van der Waals surface area contributed by atoms with E-state index in [2.05, 4.69) is 22.4 Å². The summed E-state index contributed by atoms with van der Waals surface area (Å²) in [5.41, 5.74) is 4.32. The molecule has 2 unspecified atom stereocenters. The minimum absolute atomic E-state index is 0.0933. The lowest BCUT2D eigenvalue weighted by Crippen LogP contribution is -2.43. The number of urea groups is 1. The molecule has 25 heavy (non-hydrogen) atoms. The molecular weight excluding hydrogens is 316 g/mol. The number of nitrogens with zero attached hydrogens (tertiary/aromatic N) is 1. The molecule has 5 rings (SSSR count). The minimum Gasteiger partial charge on any atom is -0.486 e. The third-order valence-electron chi connectivity index (χ3n) is 5.20. The number of hydrogen-bond acceptors (Lipinski definition) is 3. The molecule has 0 fully saturated rings. The van der Waals surface area contributed by atoms with Crippen LogP contribution in [0.2, 0.25) is 0 Å². The number of benzene rings is 2. The van der Waals surface area contributed by atoms with Crippen LogP contribution in [0.25, 0.3) is 0 Å². The SMILES string of the molecule is O=C1N=C2c3ccccc3CCC2C(c2ccc3c(c2)OCCO3)N1. The largest absolute Gasteiger partial charge is 0.486 e. The van der Waals surface area contributed by atoms with Gasteiger partial charge < -0.3 is 14.8 Å². The van der Waals surface area contributed by atoms with Crippen LogP contribution in [0.3, 0.4) is 0 Å². The first-order valence-electron chi connectivity index (χ1n) is 8.66. The van der Waals surface area contributed by atoms with E-state index in [0.717, 1.165) is 41.2 Å². The van der Waals surface area contributed by atoms with Crippen molar-refractivity contribution in [1.82, 2.24) is 5.32 Å². The molecule has 2 heterocycles. The van der Waals surface area contributed by atoms with Gasteiger partial charge in [0.15, 0.2) is 11.5 Å². The van der Waals surface area contributed by atoms with Crippen molar-refractivity contribution in [3.63, 3.8) is 0 Å². The molecule has 2 amide bonds. The maximum Gasteiger partial charge on any atom is 0.341 e. The van der Waals surface area contributed by atoms with Crippen molar-refractivity contribution in [3.8, 4) is 11.5 Å². The molecule has 0 radical (unpaired) electrons. The first-order chi connectivity index (χ1) is 12.3. The highest BCUT2D eigenvalue weighted by Crippen LogP contribution is 2.40. The van der Waals surface area contributed by atoms with E-state index >= 15 is 0 Å². The summed E-state index contributed by atoms with van der Waals surface area (Å²) in [6, 6.07) is 13.8. The van der Waals surface area contributed by atoms with Gasteiger partial charge in [0.2, 0.25) is 0 Å². The number of aryl methyl sites for hydroxylation is 1. The van der Waals surface area contributed by atoms with Crippen molar-refractivity contribution in [2.24, 2.45) is 10.9 Å². The molecule has 0 saturated carbocycles. The standard InChI is InChI=1S/C20H18N2O3/c23-20-21-18(13-6-8-16-17(11-13)25-10-9-24-16)15-7-5-12-3-1-2-4-14(12)19(15)22-20/h1-4,6,8,11,15,18H,5,7,9-10H2,(H,21,23).